The van der Waals surface area contributed by atoms with E-state index in [0.717, 1.165) is 12.1 Å². The van der Waals surface area contributed by atoms with Crippen LogP contribution in [0.3, 0.4) is 0 Å². The van der Waals surface area contributed by atoms with Crippen molar-refractivity contribution in [3.63, 3.8) is 0 Å². The maximum atomic E-state index is 12.4. The molecule has 7 heteroatoms. The van der Waals surface area contributed by atoms with Gasteiger partial charge in [-0.1, -0.05) is 5.16 Å². The lowest BCUT2D eigenvalue weighted by Gasteiger charge is -2.15. The van der Waals surface area contributed by atoms with E-state index in [1.165, 1.54) is 0 Å². The van der Waals surface area contributed by atoms with Crippen LogP contribution in [-0.2, 0) is 11.3 Å². The predicted octanol–water partition coefficient (Wildman–Crippen LogP) is 1.55. The van der Waals surface area contributed by atoms with E-state index in [1.807, 2.05) is 24.0 Å². The summed E-state index contributed by atoms with van der Waals surface area (Å²) in [6.45, 7) is 3.48. The van der Waals surface area contributed by atoms with Crippen molar-refractivity contribution in [1.29, 1.82) is 0 Å². The first-order chi connectivity index (χ1) is 10.7. The summed E-state index contributed by atoms with van der Waals surface area (Å²) in [5.41, 5.74) is 1.51. The number of hydrogen-bond donors (Lipinski definition) is 0. The van der Waals surface area contributed by atoms with Crippen LogP contribution in [0.2, 0.25) is 0 Å². The molecule has 1 fully saturated rings. The van der Waals surface area contributed by atoms with Gasteiger partial charge in [0.05, 0.1) is 5.56 Å². The zero-order chi connectivity index (χ0) is 15.5. The molecule has 0 aliphatic carbocycles. The van der Waals surface area contributed by atoms with Crippen LogP contribution >= 0.6 is 0 Å². The first kappa shape index (κ1) is 14.6. The topological polar surface area (TPSA) is 81.4 Å². The van der Waals surface area contributed by atoms with Crippen molar-refractivity contribution in [2.45, 2.75) is 25.9 Å². The monoisotopic (exact) mass is 302 g/mol. The quantitative estimate of drug-likeness (QED) is 0.852. The smallest absolute Gasteiger partial charge is 0.255 e. The molecule has 22 heavy (non-hydrogen) atoms. The van der Waals surface area contributed by atoms with E-state index in [1.54, 1.807) is 13.3 Å². The van der Waals surface area contributed by atoms with Gasteiger partial charge in [-0.2, -0.15) is 4.98 Å². The second-order valence-corrected chi connectivity index (χ2v) is 5.40. The number of amides is 1. The lowest BCUT2D eigenvalue weighted by Crippen LogP contribution is -2.28. The third-order valence-corrected chi connectivity index (χ3v) is 3.75. The van der Waals surface area contributed by atoms with Crippen LogP contribution in [0.15, 0.2) is 22.9 Å². The molecule has 3 heterocycles. The van der Waals surface area contributed by atoms with E-state index >= 15 is 0 Å². The van der Waals surface area contributed by atoms with Crippen LogP contribution in [-0.4, -0.2) is 46.1 Å². The molecule has 1 amide bonds. The van der Waals surface area contributed by atoms with Gasteiger partial charge in [0.1, 0.15) is 6.61 Å². The Morgan fingerprint density at radius 1 is 1.50 bits per heavy atom. The zero-order valence-electron chi connectivity index (χ0n) is 12.7. The molecule has 2 aromatic rings. The van der Waals surface area contributed by atoms with Gasteiger partial charge in [-0.25, -0.2) is 0 Å². The van der Waals surface area contributed by atoms with Crippen LogP contribution in [0.25, 0.3) is 0 Å². The fraction of sp³-hybridized carbons (Fsp3) is 0.467. The van der Waals surface area contributed by atoms with E-state index in [0.29, 0.717) is 37.0 Å². The number of hydrogen-bond acceptors (Lipinski definition) is 6. The van der Waals surface area contributed by atoms with Gasteiger partial charge in [0.2, 0.25) is 0 Å². The van der Waals surface area contributed by atoms with Gasteiger partial charge >= 0.3 is 0 Å². The SMILES string of the molecule is COCc1nc(C2CCN(C(=O)c3ccc(C)nc3)C2)no1. The molecule has 0 aromatic carbocycles. The van der Waals surface area contributed by atoms with Gasteiger partial charge in [0.15, 0.2) is 5.82 Å². The summed E-state index contributed by atoms with van der Waals surface area (Å²) in [7, 11) is 1.58. The normalized spacial score (nSPS) is 17.9. The molecule has 2 aromatic heterocycles. The van der Waals surface area contributed by atoms with Crippen molar-refractivity contribution in [3.8, 4) is 0 Å². The molecule has 116 valence electrons. The zero-order valence-corrected chi connectivity index (χ0v) is 12.7. The molecule has 7 nitrogen and oxygen atoms in total. The molecule has 0 bridgehead atoms. The molecule has 0 radical (unpaired) electrons. The second kappa shape index (κ2) is 6.23. The lowest BCUT2D eigenvalue weighted by molar-refractivity contribution is 0.0790. The van der Waals surface area contributed by atoms with Gasteiger partial charge in [-0.3, -0.25) is 9.78 Å². The Kier molecular flexibility index (Phi) is 4.15. The number of likely N-dealkylation sites (tertiary alicyclic amines) is 1. The highest BCUT2D eigenvalue weighted by Gasteiger charge is 2.31. The number of aromatic nitrogens is 3. The molecule has 0 spiro atoms. The highest BCUT2D eigenvalue weighted by atomic mass is 16.5. The average Bonchev–Trinajstić information content (AvgIpc) is 3.16. The summed E-state index contributed by atoms with van der Waals surface area (Å²) in [5.74, 6) is 1.21. The number of carbonyl (C=O) groups excluding carboxylic acids is 1. The number of nitrogens with zero attached hydrogens (tertiary/aromatic N) is 4. The van der Waals surface area contributed by atoms with Crippen molar-refractivity contribution in [1.82, 2.24) is 20.0 Å². The third-order valence-electron chi connectivity index (χ3n) is 3.75. The van der Waals surface area contributed by atoms with Crippen molar-refractivity contribution in [2.75, 3.05) is 20.2 Å². The van der Waals surface area contributed by atoms with E-state index in [-0.39, 0.29) is 11.8 Å². The minimum atomic E-state index is -0.00406. The van der Waals surface area contributed by atoms with Crippen molar-refractivity contribution >= 4 is 5.91 Å². The number of ether oxygens (including phenoxy) is 1. The minimum Gasteiger partial charge on any atom is -0.375 e. The van der Waals surface area contributed by atoms with E-state index in [4.69, 9.17) is 9.26 Å². The molecule has 1 saturated heterocycles. The summed E-state index contributed by atoms with van der Waals surface area (Å²) in [4.78, 5) is 22.7. The van der Waals surface area contributed by atoms with Crippen LogP contribution in [0, 0.1) is 6.92 Å². The Labute approximate surface area is 128 Å². The Morgan fingerprint density at radius 3 is 3.09 bits per heavy atom. The third kappa shape index (κ3) is 2.99. The number of pyridine rings is 1. The Bertz CT molecular complexity index is 653. The van der Waals surface area contributed by atoms with Crippen molar-refractivity contribution in [2.24, 2.45) is 0 Å². The maximum absolute atomic E-state index is 12.4. The molecule has 3 rings (SSSR count). The minimum absolute atomic E-state index is 0.00406. The molecule has 1 unspecified atom stereocenters. The summed E-state index contributed by atoms with van der Waals surface area (Å²) in [6.07, 6.45) is 2.45. The molecule has 1 aliphatic heterocycles. The number of carbonyl (C=O) groups is 1. The first-order valence-corrected chi connectivity index (χ1v) is 7.20. The van der Waals surface area contributed by atoms with Gasteiger partial charge in [-0.15, -0.1) is 0 Å². The average molecular weight is 302 g/mol. The number of aryl methyl sites for hydroxylation is 1. The Hall–Kier alpha value is -2.28. The van der Waals surface area contributed by atoms with E-state index < -0.39 is 0 Å². The van der Waals surface area contributed by atoms with Crippen molar-refractivity contribution < 1.29 is 14.1 Å². The molecule has 1 aliphatic rings. The molecule has 0 N–H and O–H groups in total. The molecule has 0 saturated carbocycles. The van der Waals surface area contributed by atoms with Gasteiger partial charge in [-0.05, 0) is 25.5 Å². The van der Waals surface area contributed by atoms with Crippen LogP contribution in [0.1, 0.15) is 40.1 Å². The summed E-state index contributed by atoms with van der Waals surface area (Å²) in [5, 5.41) is 3.98. The van der Waals surface area contributed by atoms with E-state index in [2.05, 4.69) is 15.1 Å². The van der Waals surface area contributed by atoms with Crippen molar-refractivity contribution in [3.05, 3.63) is 41.3 Å². The second-order valence-electron chi connectivity index (χ2n) is 5.40. The fourth-order valence-electron chi connectivity index (χ4n) is 2.55. The molecular weight excluding hydrogens is 284 g/mol. The summed E-state index contributed by atoms with van der Waals surface area (Å²) in [6, 6.07) is 3.65. The number of methoxy groups -OCH3 is 1. The van der Waals surface area contributed by atoms with E-state index in [9.17, 15) is 4.79 Å². The summed E-state index contributed by atoms with van der Waals surface area (Å²) >= 11 is 0. The highest BCUT2D eigenvalue weighted by Crippen LogP contribution is 2.26. The van der Waals surface area contributed by atoms with Crippen LogP contribution in [0.5, 0.6) is 0 Å². The fourth-order valence-corrected chi connectivity index (χ4v) is 2.55. The van der Waals surface area contributed by atoms with Crippen LogP contribution < -0.4 is 0 Å². The van der Waals surface area contributed by atoms with Gasteiger partial charge in [0, 0.05) is 38.0 Å². The maximum Gasteiger partial charge on any atom is 0.255 e. The van der Waals surface area contributed by atoms with Gasteiger partial charge < -0.3 is 14.2 Å². The number of rotatable bonds is 4. The van der Waals surface area contributed by atoms with Gasteiger partial charge in [0.25, 0.3) is 11.8 Å². The largest absolute Gasteiger partial charge is 0.375 e. The van der Waals surface area contributed by atoms with Crippen LogP contribution in [0.4, 0.5) is 0 Å². The highest BCUT2D eigenvalue weighted by molar-refractivity contribution is 5.94. The predicted molar refractivity (Wildman–Crippen MR) is 77.2 cm³/mol. The molecule has 1 atom stereocenters. The standard InChI is InChI=1S/C15H18N4O3/c1-10-3-4-11(7-16-10)15(20)19-6-5-12(8-19)14-17-13(9-21-2)22-18-14/h3-4,7,12H,5-6,8-9H2,1-2H3. The Balaban J connectivity index is 1.66. The lowest BCUT2D eigenvalue weighted by atomic mass is 10.1. The first-order valence-electron chi connectivity index (χ1n) is 7.20. The summed E-state index contributed by atoms with van der Waals surface area (Å²) < 4.78 is 10.1. The Morgan fingerprint density at radius 2 is 2.36 bits per heavy atom. The molecular formula is C15H18N4O3.